The van der Waals surface area contributed by atoms with Gasteiger partial charge in [-0.3, -0.25) is 9.59 Å². The van der Waals surface area contributed by atoms with Gasteiger partial charge in [-0.05, 0) is 50.8 Å². The first-order chi connectivity index (χ1) is 14.9. The molecule has 3 aromatic rings. The van der Waals surface area contributed by atoms with E-state index in [9.17, 15) is 9.59 Å². The van der Waals surface area contributed by atoms with Crippen LogP contribution in [0, 0.1) is 13.8 Å². The molecule has 1 aliphatic heterocycles. The smallest absolute Gasteiger partial charge is 0.302 e. The van der Waals surface area contributed by atoms with Gasteiger partial charge in [-0.25, -0.2) is 4.98 Å². The Hall–Kier alpha value is -3.16. The van der Waals surface area contributed by atoms with Crippen molar-refractivity contribution in [3.8, 4) is 11.1 Å². The molecule has 8 heteroatoms. The number of ether oxygens (including phenoxy) is 1. The molecule has 1 amide bonds. The third kappa shape index (κ3) is 3.49. The SMILES string of the molecule is CC(=O)OC1CCC(n2c(C3CCC(=O)N3)nc3cc(-c4c(C)noc4C)ccc32)C1. The molecule has 5 rings (SSSR count). The van der Waals surface area contributed by atoms with Crippen LogP contribution in [0.2, 0.25) is 0 Å². The maximum absolute atomic E-state index is 11.9. The number of esters is 1. The minimum absolute atomic E-state index is 0.0595. The van der Waals surface area contributed by atoms with Crippen LogP contribution in [0.5, 0.6) is 0 Å². The first kappa shape index (κ1) is 19.8. The zero-order chi connectivity index (χ0) is 21.7. The van der Waals surface area contributed by atoms with Crippen molar-refractivity contribution in [2.24, 2.45) is 0 Å². The predicted molar refractivity (Wildman–Crippen MR) is 113 cm³/mol. The lowest BCUT2D eigenvalue weighted by atomic mass is 10.0. The standard InChI is InChI=1S/C23H26N4O4/c1-12-22(13(2)31-26-12)15-4-8-20-19(10-15)25-23(18-7-9-21(29)24-18)27(20)16-5-6-17(11-16)30-14(3)28/h4,8,10,16-18H,5-7,9,11H2,1-3H3,(H,24,29). The Balaban J connectivity index is 1.58. The van der Waals surface area contributed by atoms with E-state index in [1.54, 1.807) is 0 Å². The molecule has 31 heavy (non-hydrogen) atoms. The van der Waals surface area contributed by atoms with Gasteiger partial charge in [-0.15, -0.1) is 0 Å². The molecule has 0 radical (unpaired) electrons. The molecule has 3 atom stereocenters. The zero-order valence-electron chi connectivity index (χ0n) is 18.0. The number of hydrogen-bond donors (Lipinski definition) is 1. The molecule has 2 fully saturated rings. The molecule has 1 aromatic carbocycles. The summed E-state index contributed by atoms with van der Waals surface area (Å²) in [5.41, 5.74) is 4.76. The van der Waals surface area contributed by atoms with Gasteiger partial charge in [0.25, 0.3) is 0 Å². The molecule has 0 spiro atoms. The van der Waals surface area contributed by atoms with E-state index < -0.39 is 0 Å². The summed E-state index contributed by atoms with van der Waals surface area (Å²) in [6.45, 7) is 5.29. The Bertz CT molecular complexity index is 1160. The number of aromatic nitrogens is 3. The van der Waals surface area contributed by atoms with Crippen molar-refractivity contribution in [1.82, 2.24) is 20.0 Å². The van der Waals surface area contributed by atoms with E-state index in [-0.39, 0.29) is 30.1 Å². The van der Waals surface area contributed by atoms with Gasteiger partial charge in [0, 0.05) is 31.4 Å². The normalized spacial score (nSPS) is 23.5. The number of rotatable bonds is 4. The molecule has 8 nitrogen and oxygen atoms in total. The molecule has 1 saturated carbocycles. The molecule has 1 saturated heterocycles. The van der Waals surface area contributed by atoms with Crippen LogP contribution in [0.3, 0.4) is 0 Å². The number of aryl methyl sites for hydroxylation is 2. The molecule has 1 N–H and O–H groups in total. The molecule has 1 aliphatic carbocycles. The minimum atomic E-state index is -0.242. The zero-order valence-corrected chi connectivity index (χ0v) is 18.0. The average Bonchev–Trinajstić information content (AvgIpc) is 3.48. The predicted octanol–water partition coefficient (Wildman–Crippen LogP) is 3.92. The highest BCUT2D eigenvalue weighted by Gasteiger charge is 2.34. The van der Waals surface area contributed by atoms with Crippen molar-refractivity contribution >= 4 is 22.9 Å². The van der Waals surface area contributed by atoms with E-state index in [0.29, 0.717) is 6.42 Å². The Morgan fingerprint density at radius 2 is 2.10 bits per heavy atom. The maximum Gasteiger partial charge on any atom is 0.302 e. The summed E-state index contributed by atoms with van der Waals surface area (Å²) >= 11 is 0. The molecular weight excluding hydrogens is 396 g/mol. The summed E-state index contributed by atoms with van der Waals surface area (Å²) in [7, 11) is 0. The lowest BCUT2D eigenvalue weighted by Gasteiger charge is -2.20. The fraction of sp³-hybridized carbons (Fsp3) is 0.478. The number of hydrogen-bond acceptors (Lipinski definition) is 6. The van der Waals surface area contributed by atoms with E-state index in [4.69, 9.17) is 14.2 Å². The fourth-order valence-corrected chi connectivity index (χ4v) is 5.10. The Labute approximate surface area is 179 Å². The summed E-state index contributed by atoms with van der Waals surface area (Å²) in [6, 6.07) is 6.30. The van der Waals surface area contributed by atoms with Gasteiger partial charge in [0.1, 0.15) is 17.7 Å². The quantitative estimate of drug-likeness (QED) is 0.640. The molecule has 2 aromatic heterocycles. The van der Waals surface area contributed by atoms with Crippen molar-refractivity contribution in [3.63, 3.8) is 0 Å². The van der Waals surface area contributed by atoms with Gasteiger partial charge in [-0.2, -0.15) is 0 Å². The molecule has 0 bridgehead atoms. The van der Waals surface area contributed by atoms with Crippen molar-refractivity contribution in [2.75, 3.05) is 0 Å². The highest BCUT2D eigenvalue weighted by atomic mass is 16.5. The Morgan fingerprint density at radius 3 is 2.77 bits per heavy atom. The highest BCUT2D eigenvalue weighted by Crippen LogP contribution is 2.39. The van der Waals surface area contributed by atoms with Gasteiger partial charge in [-0.1, -0.05) is 11.2 Å². The number of imidazole rings is 1. The topological polar surface area (TPSA) is 99.2 Å². The van der Waals surface area contributed by atoms with Crippen LogP contribution in [0.4, 0.5) is 0 Å². The second kappa shape index (κ2) is 7.51. The van der Waals surface area contributed by atoms with E-state index in [1.165, 1.54) is 6.92 Å². The number of amides is 1. The van der Waals surface area contributed by atoms with E-state index >= 15 is 0 Å². The third-order valence-corrected chi connectivity index (χ3v) is 6.40. The number of nitrogens with one attached hydrogen (secondary N) is 1. The number of nitrogens with zero attached hydrogens (tertiary/aromatic N) is 3. The van der Waals surface area contributed by atoms with E-state index in [0.717, 1.165) is 65.1 Å². The third-order valence-electron chi connectivity index (χ3n) is 6.40. The van der Waals surface area contributed by atoms with Gasteiger partial charge < -0.3 is 19.1 Å². The first-order valence-corrected chi connectivity index (χ1v) is 10.8. The average molecular weight is 422 g/mol. The lowest BCUT2D eigenvalue weighted by molar-refractivity contribution is -0.146. The second-order valence-electron chi connectivity index (χ2n) is 8.60. The van der Waals surface area contributed by atoms with Crippen molar-refractivity contribution in [3.05, 3.63) is 35.5 Å². The second-order valence-corrected chi connectivity index (χ2v) is 8.60. The van der Waals surface area contributed by atoms with Crippen LogP contribution in [-0.2, 0) is 14.3 Å². The molecule has 2 aliphatic rings. The van der Waals surface area contributed by atoms with Crippen LogP contribution in [-0.4, -0.2) is 32.7 Å². The van der Waals surface area contributed by atoms with Crippen molar-refractivity contribution in [2.45, 2.75) is 71.1 Å². The monoisotopic (exact) mass is 422 g/mol. The summed E-state index contributed by atoms with van der Waals surface area (Å²) in [6.07, 6.45) is 3.66. The van der Waals surface area contributed by atoms with Crippen LogP contribution < -0.4 is 5.32 Å². The van der Waals surface area contributed by atoms with Crippen molar-refractivity contribution < 1.29 is 18.8 Å². The Kier molecular flexibility index (Phi) is 4.79. The molecule has 162 valence electrons. The van der Waals surface area contributed by atoms with Gasteiger partial charge in [0.05, 0.1) is 22.8 Å². The highest BCUT2D eigenvalue weighted by molar-refractivity contribution is 5.84. The number of carbonyl (C=O) groups excluding carboxylic acids is 2. The van der Waals surface area contributed by atoms with Gasteiger partial charge in [0.2, 0.25) is 5.91 Å². The maximum atomic E-state index is 11.9. The summed E-state index contributed by atoms with van der Waals surface area (Å²) in [4.78, 5) is 28.3. The fourth-order valence-electron chi connectivity index (χ4n) is 5.10. The molecular formula is C23H26N4O4. The molecule has 3 heterocycles. The summed E-state index contributed by atoms with van der Waals surface area (Å²) < 4.78 is 13.1. The van der Waals surface area contributed by atoms with Crippen LogP contribution in [0.15, 0.2) is 22.7 Å². The lowest BCUT2D eigenvalue weighted by Crippen LogP contribution is -2.23. The van der Waals surface area contributed by atoms with Crippen LogP contribution in [0.25, 0.3) is 22.2 Å². The van der Waals surface area contributed by atoms with E-state index in [2.05, 4.69) is 33.2 Å². The van der Waals surface area contributed by atoms with Crippen molar-refractivity contribution in [1.29, 1.82) is 0 Å². The van der Waals surface area contributed by atoms with Crippen LogP contribution >= 0.6 is 0 Å². The minimum Gasteiger partial charge on any atom is -0.462 e. The first-order valence-electron chi connectivity index (χ1n) is 10.8. The number of fused-ring (bicyclic) bond motifs is 1. The van der Waals surface area contributed by atoms with Gasteiger partial charge in [0.15, 0.2) is 0 Å². The molecule has 3 unspecified atom stereocenters. The van der Waals surface area contributed by atoms with Gasteiger partial charge >= 0.3 is 5.97 Å². The summed E-state index contributed by atoms with van der Waals surface area (Å²) in [5, 5.41) is 7.14. The van der Waals surface area contributed by atoms with E-state index in [1.807, 2.05) is 13.8 Å². The number of carbonyl (C=O) groups is 2. The number of benzene rings is 1. The van der Waals surface area contributed by atoms with Crippen LogP contribution in [0.1, 0.15) is 68.4 Å². The largest absolute Gasteiger partial charge is 0.462 e. The Morgan fingerprint density at radius 1 is 1.26 bits per heavy atom. The summed E-state index contributed by atoms with van der Waals surface area (Å²) in [5.74, 6) is 1.47.